The number of hydrogen-bond donors (Lipinski definition) is 1. The van der Waals surface area contributed by atoms with E-state index >= 15 is 0 Å². The average Bonchev–Trinajstić information content (AvgIpc) is 3.52. The second kappa shape index (κ2) is 11.8. The number of ether oxygens (including phenoxy) is 1. The van der Waals surface area contributed by atoms with Crippen LogP contribution >= 0.6 is 34.7 Å². The van der Waals surface area contributed by atoms with Gasteiger partial charge in [-0.3, -0.25) is 14.5 Å². The number of aliphatic hydroxyl groups is 1. The summed E-state index contributed by atoms with van der Waals surface area (Å²) >= 11 is 8.81. The van der Waals surface area contributed by atoms with Crippen LogP contribution in [0.25, 0.3) is 5.76 Å². The molecule has 3 aromatic carbocycles. The number of thioether (sulfide) groups is 1. The molecule has 7 nitrogen and oxygen atoms in total. The summed E-state index contributed by atoms with van der Waals surface area (Å²) in [6.07, 6.45) is 0. The molecule has 1 aliphatic heterocycles. The topological polar surface area (TPSA) is 92.6 Å². The number of rotatable bonds is 8. The van der Waals surface area contributed by atoms with Crippen LogP contribution in [-0.2, 0) is 15.3 Å². The van der Waals surface area contributed by atoms with E-state index < -0.39 is 29.3 Å². The molecule has 4 aromatic rings. The molecule has 0 aliphatic carbocycles. The molecule has 1 saturated heterocycles. The fourth-order valence-corrected chi connectivity index (χ4v) is 6.42. The van der Waals surface area contributed by atoms with E-state index in [-0.39, 0.29) is 16.3 Å². The number of aryl methyl sites for hydroxylation is 1. The summed E-state index contributed by atoms with van der Waals surface area (Å²) in [5.41, 5.74) is 1.77. The van der Waals surface area contributed by atoms with Crippen LogP contribution in [0.3, 0.4) is 0 Å². The molecule has 40 heavy (non-hydrogen) atoms. The molecule has 1 amide bonds. The van der Waals surface area contributed by atoms with Gasteiger partial charge in [-0.15, -0.1) is 10.2 Å². The van der Waals surface area contributed by atoms with E-state index in [4.69, 9.17) is 16.3 Å². The fourth-order valence-electron chi connectivity index (χ4n) is 4.27. The van der Waals surface area contributed by atoms with Crippen molar-refractivity contribution in [3.8, 4) is 5.75 Å². The highest BCUT2D eigenvalue weighted by Gasteiger charge is 2.48. The molecule has 204 valence electrons. The van der Waals surface area contributed by atoms with Gasteiger partial charge in [-0.25, -0.2) is 4.39 Å². The highest BCUT2D eigenvalue weighted by molar-refractivity contribution is 8.00. The lowest BCUT2D eigenvalue weighted by molar-refractivity contribution is -0.132. The zero-order valence-electron chi connectivity index (χ0n) is 21.4. The number of halogens is 2. The molecule has 0 unspecified atom stereocenters. The summed E-state index contributed by atoms with van der Waals surface area (Å²) < 4.78 is 20.5. The van der Waals surface area contributed by atoms with Crippen molar-refractivity contribution in [3.05, 3.63) is 105 Å². The Kier molecular flexibility index (Phi) is 8.20. The summed E-state index contributed by atoms with van der Waals surface area (Å²) in [5, 5.41) is 20.5. The molecule has 5 rings (SSSR count). The van der Waals surface area contributed by atoms with Gasteiger partial charge in [0.1, 0.15) is 17.3 Å². The maximum Gasteiger partial charge on any atom is 0.301 e. The normalized spacial score (nSPS) is 16.5. The molecule has 11 heteroatoms. The monoisotopic (exact) mass is 595 g/mol. The van der Waals surface area contributed by atoms with E-state index in [0.717, 1.165) is 23.0 Å². The summed E-state index contributed by atoms with van der Waals surface area (Å²) in [5.74, 6) is -1.65. The maximum absolute atomic E-state index is 14.4. The number of Topliss-reactive ketones (excluding diaryl/α,β-unsaturated/α-hetero) is 1. The first kappa shape index (κ1) is 27.8. The lowest BCUT2D eigenvalue weighted by Gasteiger charge is -2.22. The predicted octanol–water partition coefficient (Wildman–Crippen LogP) is 6.96. The smallest absolute Gasteiger partial charge is 0.301 e. The van der Waals surface area contributed by atoms with Crippen LogP contribution in [0.4, 0.5) is 9.52 Å². The number of hydrogen-bond acceptors (Lipinski definition) is 8. The van der Waals surface area contributed by atoms with Crippen LogP contribution in [0, 0.1) is 12.7 Å². The molecular weight excluding hydrogens is 573 g/mol. The Balaban J connectivity index is 1.55. The van der Waals surface area contributed by atoms with Crippen LogP contribution in [-0.4, -0.2) is 33.6 Å². The average molecular weight is 596 g/mol. The van der Waals surface area contributed by atoms with Crippen LogP contribution in [0.5, 0.6) is 5.75 Å². The van der Waals surface area contributed by atoms with Crippen molar-refractivity contribution in [3.63, 3.8) is 0 Å². The number of nitrogens with zero attached hydrogens (tertiary/aromatic N) is 3. The van der Waals surface area contributed by atoms with Crippen molar-refractivity contribution in [2.45, 2.75) is 30.0 Å². The van der Waals surface area contributed by atoms with Crippen LogP contribution in [0.1, 0.15) is 35.2 Å². The molecule has 1 atom stereocenters. The number of aliphatic hydroxyl groups excluding tert-OH is 1. The van der Waals surface area contributed by atoms with Crippen LogP contribution in [0.2, 0.25) is 5.02 Å². The largest absolute Gasteiger partial charge is 0.507 e. The van der Waals surface area contributed by atoms with Gasteiger partial charge < -0.3 is 9.84 Å². The van der Waals surface area contributed by atoms with Gasteiger partial charge in [-0.1, -0.05) is 77.2 Å². The van der Waals surface area contributed by atoms with Gasteiger partial charge in [0.25, 0.3) is 5.78 Å². The Bertz CT molecular complexity index is 1620. The zero-order valence-corrected chi connectivity index (χ0v) is 23.8. The molecule has 2 heterocycles. The number of ketones is 1. The van der Waals surface area contributed by atoms with Gasteiger partial charge >= 0.3 is 5.91 Å². The van der Waals surface area contributed by atoms with Gasteiger partial charge in [-0.2, -0.15) is 0 Å². The number of carbonyl (C=O) groups excluding carboxylic acids is 2. The van der Waals surface area contributed by atoms with Crippen molar-refractivity contribution >= 4 is 57.3 Å². The Morgan fingerprint density at radius 1 is 1.12 bits per heavy atom. The van der Waals surface area contributed by atoms with E-state index in [9.17, 15) is 19.1 Å². The van der Waals surface area contributed by atoms with Gasteiger partial charge in [0.05, 0.1) is 18.2 Å². The molecular formula is C29H23ClFN3O4S2. The molecule has 0 bridgehead atoms. The number of anilines is 1. The van der Waals surface area contributed by atoms with Crippen LogP contribution < -0.4 is 9.64 Å². The highest BCUT2D eigenvalue weighted by atomic mass is 35.5. The molecule has 0 radical (unpaired) electrons. The van der Waals surface area contributed by atoms with Crippen molar-refractivity contribution < 1.29 is 23.8 Å². The first-order valence-electron chi connectivity index (χ1n) is 12.3. The van der Waals surface area contributed by atoms with E-state index in [1.807, 2.05) is 25.1 Å². The number of amides is 1. The summed E-state index contributed by atoms with van der Waals surface area (Å²) in [6, 6.07) is 17.4. The fraction of sp³-hybridized carbons (Fsp3) is 0.172. The van der Waals surface area contributed by atoms with Crippen LogP contribution in [0.15, 0.2) is 76.6 Å². The van der Waals surface area contributed by atoms with Gasteiger partial charge in [0, 0.05) is 16.3 Å². The third-order valence-corrected chi connectivity index (χ3v) is 8.78. The van der Waals surface area contributed by atoms with Gasteiger partial charge in [0.15, 0.2) is 4.34 Å². The molecule has 1 N–H and O–H groups in total. The maximum atomic E-state index is 14.4. The lowest BCUT2D eigenvalue weighted by Crippen LogP contribution is -2.29. The minimum atomic E-state index is -1.02. The molecule has 1 fully saturated rings. The number of aromatic nitrogens is 2. The van der Waals surface area contributed by atoms with Crippen molar-refractivity contribution in [1.82, 2.24) is 10.2 Å². The van der Waals surface area contributed by atoms with Crippen molar-refractivity contribution in [1.29, 1.82) is 0 Å². The Hall–Kier alpha value is -3.73. The van der Waals surface area contributed by atoms with Crippen molar-refractivity contribution in [2.75, 3.05) is 11.5 Å². The SMILES string of the molecule is CCOc1ccc([C@H]2C(=C(O)c3ccc(C)c(F)c3)C(=O)C(=O)N2c2nnc(SCc3ccccc3Cl)s2)cc1. The van der Waals surface area contributed by atoms with E-state index in [1.165, 1.54) is 28.8 Å². The van der Waals surface area contributed by atoms with Crippen molar-refractivity contribution in [2.24, 2.45) is 0 Å². The number of benzene rings is 3. The first-order valence-corrected chi connectivity index (χ1v) is 14.5. The third kappa shape index (κ3) is 5.47. The predicted molar refractivity (Wildman–Crippen MR) is 154 cm³/mol. The van der Waals surface area contributed by atoms with Gasteiger partial charge in [0.2, 0.25) is 5.13 Å². The van der Waals surface area contributed by atoms with E-state index in [1.54, 1.807) is 37.3 Å². The standard InChI is InChI=1S/C29H23ClFN3O4S2/c1-3-38-20-12-10-17(11-13-20)24-23(25(35)18-9-8-16(2)22(31)14-18)26(36)27(37)34(24)28-32-33-29(40-28)39-15-19-6-4-5-7-21(19)30/h4-14,24,35H,3,15H2,1-2H3/t24-/m0/s1. The molecule has 0 saturated carbocycles. The minimum Gasteiger partial charge on any atom is -0.507 e. The van der Waals surface area contributed by atoms with E-state index in [2.05, 4.69) is 10.2 Å². The Morgan fingerprint density at radius 3 is 2.58 bits per heavy atom. The zero-order chi connectivity index (χ0) is 28.4. The minimum absolute atomic E-state index is 0.0882. The second-order valence-corrected chi connectivity index (χ2v) is 11.5. The Morgan fingerprint density at radius 2 is 1.88 bits per heavy atom. The second-order valence-electron chi connectivity index (χ2n) is 8.87. The quantitative estimate of drug-likeness (QED) is 0.0774. The van der Waals surface area contributed by atoms with E-state index in [0.29, 0.717) is 38.6 Å². The lowest BCUT2D eigenvalue weighted by atomic mass is 9.95. The summed E-state index contributed by atoms with van der Waals surface area (Å²) in [6.45, 7) is 3.92. The summed E-state index contributed by atoms with van der Waals surface area (Å²) in [7, 11) is 0. The summed E-state index contributed by atoms with van der Waals surface area (Å²) in [4.78, 5) is 28.0. The first-order chi connectivity index (χ1) is 19.3. The van der Waals surface area contributed by atoms with Gasteiger partial charge in [-0.05, 0) is 54.8 Å². The third-order valence-electron chi connectivity index (χ3n) is 6.31. The highest BCUT2D eigenvalue weighted by Crippen LogP contribution is 2.44. The number of carbonyl (C=O) groups is 2. The molecule has 1 aromatic heterocycles. The molecule has 1 aliphatic rings. The molecule has 0 spiro atoms. The Labute approximate surface area is 243 Å².